The first kappa shape index (κ1) is 17.4. The van der Waals surface area contributed by atoms with Crippen LogP contribution in [-0.2, 0) is 0 Å². The minimum absolute atomic E-state index is 0.156. The zero-order valence-corrected chi connectivity index (χ0v) is 20.9. The van der Waals surface area contributed by atoms with Gasteiger partial charge < -0.3 is 4.42 Å². The van der Waals surface area contributed by atoms with Gasteiger partial charge in [-0.25, -0.2) is 0 Å². The van der Waals surface area contributed by atoms with Gasteiger partial charge in [0.15, 0.2) is 0 Å². The van der Waals surface area contributed by atoms with Crippen molar-refractivity contribution in [3.8, 4) is 33.4 Å². The van der Waals surface area contributed by atoms with E-state index in [0.29, 0.717) is 16.7 Å². The lowest BCUT2D eigenvalue weighted by atomic mass is 9.83. The Labute approximate surface area is 233 Å². The van der Waals surface area contributed by atoms with Crippen LogP contribution in [0.5, 0.6) is 0 Å². The van der Waals surface area contributed by atoms with E-state index in [0.717, 1.165) is 54.6 Å². The Hall–Kier alpha value is -5.14. The standard InChI is InChI=1S/C38H24O/c1-3-13-25(14-4-1)35-27-17-7-9-19-29(27)37(30-20-10-8-18-28(30)35)32-23-24-34-38(31-21-11-12-22-33(31)39-34)36(32)26-15-5-2-6-16-26/h1-24H/i2D,5D,6D,15D,16D. The molecule has 0 N–H and O–H groups in total. The fourth-order valence-corrected chi connectivity index (χ4v) is 5.99. The molecule has 0 atom stereocenters. The van der Waals surface area contributed by atoms with Gasteiger partial charge in [-0.1, -0.05) is 127 Å². The second-order valence-corrected chi connectivity index (χ2v) is 9.67. The molecule has 0 unspecified atom stereocenters. The lowest BCUT2D eigenvalue weighted by molar-refractivity contribution is 0.669. The molecule has 39 heavy (non-hydrogen) atoms. The van der Waals surface area contributed by atoms with E-state index in [1.54, 1.807) is 0 Å². The third-order valence-electron chi connectivity index (χ3n) is 7.56. The van der Waals surface area contributed by atoms with E-state index in [1.165, 1.54) is 0 Å². The molecule has 8 aromatic rings. The summed E-state index contributed by atoms with van der Waals surface area (Å²) in [6.07, 6.45) is 0. The SMILES string of the molecule is [2H]c1c([2H])c([2H])c(-c2c(-c3c4ccccc4c(-c4ccccc4)c4ccccc34)ccc3oc4ccccc4c23)c([2H])c1[2H]. The summed E-state index contributed by atoms with van der Waals surface area (Å²) < 4.78 is 49.7. The molecule has 0 radical (unpaired) electrons. The van der Waals surface area contributed by atoms with E-state index >= 15 is 0 Å². The van der Waals surface area contributed by atoms with Crippen LogP contribution in [0.3, 0.4) is 0 Å². The number of benzene rings is 7. The van der Waals surface area contributed by atoms with E-state index < -0.39 is 6.04 Å². The van der Waals surface area contributed by atoms with Crippen molar-refractivity contribution < 1.29 is 11.3 Å². The largest absolute Gasteiger partial charge is 0.456 e. The van der Waals surface area contributed by atoms with Crippen molar-refractivity contribution in [1.29, 1.82) is 0 Å². The Bertz CT molecular complexity index is 2360. The van der Waals surface area contributed by atoms with Gasteiger partial charge in [0.2, 0.25) is 0 Å². The van der Waals surface area contributed by atoms with E-state index in [9.17, 15) is 0 Å². The number of para-hydroxylation sites is 1. The van der Waals surface area contributed by atoms with Crippen molar-refractivity contribution in [3.05, 3.63) is 145 Å². The second-order valence-electron chi connectivity index (χ2n) is 9.67. The molecule has 0 aliphatic heterocycles. The molecule has 0 aliphatic carbocycles. The number of fused-ring (bicyclic) bond motifs is 5. The van der Waals surface area contributed by atoms with Gasteiger partial charge in [-0.3, -0.25) is 0 Å². The first-order valence-corrected chi connectivity index (χ1v) is 13.0. The van der Waals surface area contributed by atoms with Crippen LogP contribution in [0.25, 0.3) is 76.9 Å². The van der Waals surface area contributed by atoms with Gasteiger partial charge in [-0.2, -0.15) is 0 Å². The van der Waals surface area contributed by atoms with Crippen molar-refractivity contribution in [2.45, 2.75) is 0 Å². The molecule has 182 valence electrons. The Morgan fingerprint density at radius 1 is 0.410 bits per heavy atom. The van der Waals surface area contributed by atoms with Gasteiger partial charge in [-0.05, 0) is 67.6 Å². The van der Waals surface area contributed by atoms with Crippen LogP contribution in [0.15, 0.2) is 150 Å². The maximum absolute atomic E-state index is 9.04. The summed E-state index contributed by atoms with van der Waals surface area (Å²) in [6, 6.07) is 36.8. The molecule has 0 bridgehead atoms. The average molecular weight is 502 g/mol. The maximum Gasteiger partial charge on any atom is 0.136 e. The number of hydrogen-bond donors (Lipinski definition) is 0. The highest BCUT2D eigenvalue weighted by Gasteiger charge is 2.22. The molecule has 0 saturated heterocycles. The topological polar surface area (TPSA) is 13.1 Å². The van der Waals surface area contributed by atoms with Crippen LogP contribution in [0.4, 0.5) is 0 Å². The van der Waals surface area contributed by atoms with Crippen LogP contribution in [0, 0.1) is 0 Å². The molecule has 0 aliphatic rings. The van der Waals surface area contributed by atoms with Gasteiger partial charge >= 0.3 is 0 Å². The van der Waals surface area contributed by atoms with Crippen molar-refractivity contribution in [3.63, 3.8) is 0 Å². The second kappa shape index (κ2) is 8.72. The fraction of sp³-hybridized carbons (Fsp3) is 0. The zero-order valence-electron chi connectivity index (χ0n) is 25.9. The number of rotatable bonds is 3. The highest BCUT2D eigenvalue weighted by atomic mass is 16.3. The van der Waals surface area contributed by atoms with Crippen molar-refractivity contribution >= 4 is 43.5 Å². The minimum atomic E-state index is -0.419. The first-order valence-electron chi connectivity index (χ1n) is 15.5. The summed E-state index contributed by atoms with van der Waals surface area (Å²) in [5.41, 5.74) is 5.91. The van der Waals surface area contributed by atoms with Crippen LogP contribution in [0.2, 0.25) is 0 Å². The lowest BCUT2D eigenvalue weighted by Gasteiger charge is -2.20. The molecule has 7 aromatic carbocycles. The molecule has 1 nitrogen and oxygen atoms in total. The molecule has 1 heterocycles. The lowest BCUT2D eigenvalue weighted by Crippen LogP contribution is -1.93. The van der Waals surface area contributed by atoms with E-state index in [1.807, 2.05) is 78.9 Å². The number of furan rings is 1. The van der Waals surface area contributed by atoms with Gasteiger partial charge in [0.25, 0.3) is 0 Å². The molecule has 1 heteroatoms. The summed E-state index contributed by atoms with van der Waals surface area (Å²) in [4.78, 5) is 0. The van der Waals surface area contributed by atoms with Crippen molar-refractivity contribution in [2.75, 3.05) is 0 Å². The zero-order chi connectivity index (χ0) is 30.1. The number of hydrogen-bond acceptors (Lipinski definition) is 1. The van der Waals surface area contributed by atoms with Crippen molar-refractivity contribution in [1.82, 2.24) is 0 Å². The third kappa shape index (κ3) is 3.34. The minimum Gasteiger partial charge on any atom is -0.456 e. The molecule has 0 fully saturated rings. The molecule has 1 aromatic heterocycles. The monoisotopic (exact) mass is 501 g/mol. The van der Waals surface area contributed by atoms with Gasteiger partial charge in [-0.15, -0.1) is 0 Å². The molecule has 8 rings (SSSR count). The smallest absolute Gasteiger partial charge is 0.136 e. The Kier molecular flexibility index (Phi) is 3.89. The van der Waals surface area contributed by atoms with Gasteiger partial charge in [0.1, 0.15) is 11.2 Å². The summed E-state index contributed by atoms with van der Waals surface area (Å²) in [5.74, 6) is 0. The van der Waals surface area contributed by atoms with Crippen LogP contribution < -0.4 is 0 Å². The van der Waals surface area contributed by atoms with Crippen LogP contribution in [-0.4, -0.2) is 0 Å². The van der Waals surface area contributed by atoms with E-state index in [4.69, 9.17) is 11.3 Å². The van der Waals surface area contributed by atoms with Crippen molar-refractivity contribution in [2.24, 2.45) is 0 Å². The Morgan fingerprint density at radius 2 is 0.974 bits per heavy atom. The molecule has 0 amide bonds. The predicted molar refractivity (Wildman–Crippen MR) is 165 cm³/mol. The molecule has 0 saturated carbocycles. The molecular formula is C38H24O. The first-order chi connectivity index (χ1) is 21.5. The van der Waals surface area contributed by atoms with Gasteiger partial charge in [0, 0.05) is 16.3 Å². The quantitative estimate of drug-likeness (QED) is 0.219. The molecular weight excluding hydrogens is 472 g/mol. The fourth-order valence-electron chi connectivity index (χ4n) is 5.99. The normalized spacial score (nSPS) is 13.4. The highest BCUT2D eigenvalue weighted by molar-refractivity contribution is 6.25. The Morgan fingerprint density at radius 3 is 1.64 bits per heavy atom. The molecule has 0 spiro atoms. The van der Waals surface area contributed by atoms with E-state index in [2.05, 4.69) is 36.4 Å². The summed E-state index contributed by atoms with van der Waals surface area (Å²) in [7, 11) is 0. The summed E-state index contributed by atoms with van der Waals surface area (Å²) >= 11 is 0. The highest BCUT2D eigenvalue weighted by Crippen LogP contribution is 2.49. The average Bonchev–Trinajstić information content (AvgIpc) is 3.45. The predicted octanol–water partition coefficient (Wildman–Crippen LogP) is 10.9. The third-order valence-corrected chi connectivity index (χ3v) is 7.56. The van der Waals surface area contributed by atoms with Crippen LogP contribution >= 0.6 is 0 Å². The van der Waals surface area contributed by atoms with Gasteiger partial charge in [0.05, 0.1) is 6.85 Å². The summed E-state index contributed by atoms with van der Waals surface area (Å²) in [5, 5.41) is 5.68. The van der Waals surface area contributed by atoms with Crippen LogP contribution in [0.1, 0.15) is 6.85 Å². The summed E-state index contributed by atoms with van der Waals surface area (Å²) in [6.45, 7) is 0. The maximum atomic E-state index is 9.04. The Balaban J connectivity index is 1.63. The van der Waals surface area contributed by atoms with E-state index in [-0.39, 0.29) is 29.7 Å².